The first-order valence-corrected chi connectivity index (χ1v) is 13.5. The van der Waals surface area contributed by atoms with Gasteiger partial charge in [0, 0.05) is 16.1 Å². The Labute approximate surface area is 245 Å². The van der Waals surface area contributed by atoms with E-state index in [0.29, 0.717) is 40.9 Å². The third-order valence-electron chi connectivity index (χ3n) is 6.45. The van der Waals surface area contributed by atoms with E-state index in [1.54, 1.807) is 25.1 Å². The zero-order valence-electron chi connectivity index (χ0n) is 22.5. The first-order chi connectivity index (χ1) is 20.2. The van der Waals surface area contributed by atoms with E-state index in [9.17, 15) is 18.0 Å². The highest BCUT2D eigenvalue weighted by Gasteiger charge is 2.31. The molecule has 216 valence electrons. The molecular weight excluding hydrogens is 569 g/mol. The second-order valence-corrected chi connectivity index (χ2v) is 9.79. The van der Waals surface area contributed by atoms with E-state index in [2.05, 4.69) is 4.74 Å². The number of alkyl halides is 3. The number of hydrogen-bond acceptors (Lipinski definition) is 5. The summed E-state index contributed by atoms with van der Waals surface area (Å²) in [7, 11) is 0. The quantitative estimate of drug-likeness (QED) is 0.153. The lowest BCUT2D eigenvalue weighted by molar-refractivity contribution is -0.274. The number of esters is 1. The van der Waals surface area contributed by atoms with Gasteiger partial charge in [-0.3, -0.25) is 4.79 Å². The van der Waals surface area contributed by atoms with Gasteiger partial charge in [-0.2, -0.15) is 0 Å². The van der Waals surface area contributed by atoms with Gasteiger partial charge in [-0.1, -0.05) is 54.1 Å². The van der Waals surface area contributed by atoms with Crippen LogP contribution >= 0.6 is 11.6 Å². The van der Waals surface area contributed by atoms with Gasteiger partial charge in [0.2, 0.25) is 0 Å². The van der Waals surface area contributed by atoms with Crippen molar-refractivity contribution in [3.8, 4) is 22.9 Å². The molecule has 0 fully saturated rings. The van der Waals surface area contributed by atoms with Crippen LogP contribution in [0, 0.1) is 0 Å². The average molecular weight is 595 g/mol. The van der Waals surface area contributed by atoms with Crippen molar-refractivity contribution < 1.29 is 32.2 Å². The Morgan fingerprint density at radius 2 is 1.67 bits per heavy atom. The van der Waals surface area contributed by atoms with E-state index >= 15 is 0 Å². The predicted molar refractivity (Wildman–Crippen MR) is 154 cm³/mol. The molecule has 0 amide bonds. The molecule has 6 nitrogen and oxygen atoms in total. The zero-order chi connectivity index (χ0) is 29.7. The topological polar surface area (TPSA) is 62.6 Å². The standard InChI is InChI=1S/C32H26ClF3N2O4/c1-2-40-30(39)18-24-17-21(11-16-26(24)33)20-41-29-10-6-3-7-23(29)19-38-28-9-5-4-8-27(28)37-31(38)22-12-14-25(15-13-22)42-32(34,35)36/h3-17H,2,18-20H2,1H3. The molecule has 0 N–H and O–H groups in total. The van der Waals surface area contributed by atoms with Gasteiger partial charge in [0.05, 0.1) is 30.6 Å². The molecule has 0 bridgehead atoms. The molecule has 0 atom stereocenters. The largest absolute Gasteiger partial charge is 0.573 e. The van der Waals surface area contributed by atoms with Crippen molar-refractivity contribution >= 4 is 28.6 Å². The highest BCUT2D eigenvalue weighted by molar-refractivity contribution is 6.31. The second kappa shape index (κ2) is 12.6. The number of rotatable bonds is 10. The normalized spacial score (nSPS) is 11.5. The molecule has 0 aliphatic rings. The van der Waals surface area contributed by atoms with E-state index in [1.165, 1.54) is 12.1 Å². The van der Waals surface area contributed by atoms with Crippen LogP contribution in [0.4, 0.5) is 13.2 Å². The molecule has 0 aliphatic heterocycles. The molecule has 0 aliphatic carbocycles. The number of aromatic nitrogens is 2. The lowest BCUT2D eigenvalue weighted by atomic mass is 10.1. The van der Waals surface area contributed by atoms with E-state index in [-0.39, 0.29) is 24.7 Å². The minimum absolute atomic E-state index is 0.0664. The van der Waals surface area contributed by atoms with Crippen molar-refractivity contribution in [2.75, 3.05) is 6.61 Å². The summed E-state index contributed by atoms with van der Waals surface area (Å²) in [6.07, 6.45) is -4.70. The molecule has 0 saturated carbocycles. The van der Waals surface area contributed by atoms with Crippen molar-refractivity contribution in [3.63, 3.8) is 0 Å². The second-order valence-electron chi connectivity index (χ2n) is 9.39. The van der Waals surface area contributed by atoms with Crippen molar-refractivity contribution in [1.29, 1.82) is 0 Å². The minimum Gasteiger partial charge on any atom is -0.489 e. The van der Waals surface area contributed by atoms with E-state index in [4.69, 9.17) is 26.1 Å². The Bertz CT molecular complexity index is 1700. The van der Waals surface area contributed by atoms with Crippen LogP contribution in [0.2, 0.25) is 5.02 Å². The number of carbonyl (C=O) groups excluding carboxylic acids is 1. The predicted octanol–water partition coefficient (Wildman–Crippen LogP) is 7.99. The van der Waals surface area contributed by atoms with Gasteiger partial charge < -0.3 is 18.8 Å². The smallest absolute Gasteiger partial charge is 0.489 e. The van der Waals surface area contributed by atoms with Crippen LogP contribution in [0.3, 0.4) is 0 Å². The molecule has 0 saturated heterocycles. The first kappa shape index (κ1) is 29.0. The fourth-order valence-electron chi connectivity index (χ4n) is 4.59. The maximum absolute atomic E-state index is 12.7. The van der Waals surface area contributed by atoms with Crippen LogP contribution in [-0.2, 0) is 29.1 Å². The van der Waals surface area contributed by atoms with Crippen LogP contribution in [0.15, 0.2) is 91.0 Å². The number of fused-ring (bicyclic) bond motifs is 1. The average Bonchev–Trinajstić information content (AvgIpc) is 3.32. The molecule has 1 aromatic heterocycles. The first-order valence-electron chi connectivity index (χ1n) is 13.1. The summed E-state index contributed by atoms with van der Waals surface area (Å²) in [5.41, 5.74) is 4.61. The lowest BCUT2D eigenvalue weighted by Crippen LogP contribution is -2.17. The maximum atomic E-state index is 12.7. The highest BCUT2D eigenvalue weighted by atomic mass is 35.5. The van der Waals surface area contributed by atoms with Gasteiger partial charge in [-0.05, 0) is 66.6 Å². The van der Waals surface area contributed by atoms with Crippen LogP contribution in [0.1, 0.15) is 23.6 Å². The minimum atomic E-state index is -4.77. The van der Waals surface area contributed by atoms with Crippen LogP contribution in [0.5, 0.6) is 11.5 Å². The van der Waals surface area contributed by atoms with Gasteiger partial charge in [0.1, 0.15) is 23.9 Å². The Morgan fingerprint density at radius 3 is 2.43 bits per heavy atom. The molecule has 1 heterocycles. The SMILES string of the molecule is CCOC(=O)Cc1cc(COc2ccccc2Cn2c(-c3ccc(OC(F)(F)F)cc3)nc3ccccc32)ccc1Cl. The summed E-state index contributed by atoms with van der Waals surface area (Å²) in [5.74, 6) is 0.580. The highest BCUT2D eigenvalue weighted by Crippen LogP contribution is 2.31. The Hall–Kier alpha value is -4.50. The Morgan fingerprint density at radius 1 is 0.929 bits per heavy atom. The van der Waals surface area contributed by atoms with Crippen molar-refractivity contribution in [2.45, 2.75) is 32.9 Å². The summed E-state index contributed by atoms with van der Waals surface area (Å²) in [4.78, 5) is 16.7. The van der Waals surface area contributed by atoms with Gasteiger partial charge in [-0.25, -0.2) is 4.98 Å². The van der Waals surface area contributed by atoms with Crippen LogP contribution in [-0.4, -0.2) is 28.5 Å². The summed E-state index contributed by atoms with van der Waals surface area (Å²) in [6.45, 7) is 2.67. The number of carbonyl (C=O) groups is 1. The number of ether oxygens (including phenoxy) is 3. The molecule has 0 spiro atoms. The number of nitrogens with zero attached hydrogens (tertiary/aromatic N) is 2. The molecule has 5 aromatic rings. The summed E-state index contributed by atoms with van der Waals surface area (Å²) < 4.78 is 55.3. The molecule has 5 rings (SSSR count). The zero-order valence-corrected chi connectivity index (χ0v) is 23.3. The summed E-state index contributed by atoms with van der Waals surface area (Å²) in [5, 5.41) is 0.477. The number of halogens is 4. The molecular formula is C32H26ClF3N2O4. The van der Waals surface area contributed by atoms with Gasteiger partial charge >= 0.3 is 12.3 Å². The van der Waals surface area contributed by atoms with Crippen LogP contribution in [0.25, 0.3) is 22.4 Å². The molecule has 0 radical (unpaired) electrons. The molecule has 42 heavy (non-hydrogen) atoms. The van der Waals surface area contributed by atoms with Gasteiger partial charge in [-0.15, -0.1) is 13.2 Å². The van der Waals surface area contributed by atoms with Crippen molar-refractivity contribution in [3.05, 3.63) is 113 Å². The molecule has 4 aromatic carbocycles. The fraction of sp³-hybridized carbons (Fsp3) is 0.188. The van der Waals surface area contributed by atoms with Gasteiger partial charge in [0.25, 0.3) is 0 Å². The van der Waals surface area contributed by atoms with Gasteiger partial charge in [0.15, 0.2) is 0 Å². The number of para-hydroxylation sites is 3. The van der Waals surface area contributed by atoms with Crippen LogP contribution < -0.4 is 9.47 Å². The lowest BCUT2D eigenvalue weighted by Gasteiger charge is -2.15. The Balaban J connectivity index is 1.41. The molecule has 10 heteroatoms. The van der Waals surface area contributed by atoms with E-state index in [1.807, 2.05) is 65.2 Å². The number of benzene rings is 4. The van der Waals surface area contributed by atoms with E-state index in [0.717, 1.165) is 22.2 Å². The van der Waals surface area contributed by atoms with Crippen molar-refractivity contribution in [2.24, 2.45) is 0 Å². The fourth-order valence-corrected chi connectivity index (χ4v) is 4.77. The monoisotopic (exact) mass is 594 g/mol. The third-order valence-corrected chi connectivity index (χ3v) is 6.82. The number of imidazole rings is 1. The maximum Gasteiger partial charge on any atom is 0.573 e. The Kier molecular flexibility index (Phi) is 8.68. The summed E-state index contributed by atoms with van der Waals surface area (Å²) in [6, 6.07) is 26.2. The summed E-state index contributed by atoms with van der Waals surface area (Å²) >= 11 is 6.30. The number of hydrogen-bond donors (Lipinski definition) is 0. The van der Waals surface area contributed by atoms with E-state index < -0.39 is 6.36 Å². The molecule has 0 unspecified atom stereocenters. The third kappa shape index (κ3) is 7.03. The van der Waals surface area contributed by atoms with Crippen molar-refractivity contribution in [1.82, 2.24) is 9.55 Å².